The standard InChI is InChI=1S/C15H11ClF3NO/c16-13-8-10(15(17,18)19)5-6-12(13)11-4-2-1-3-9(11)7-14(20)21/h1-6,8H,7H2,(H2,20,21). The number of rotatable bonds is 3. The molecule has 2 aromatic carbocycles. The molecule has 0 aromatic heterocycles. The number of carbonyl (C=O) groups is 1. The van der Waals surface area contributed by atoms with Crippen molar-refractivity contribution in [3.63, 3.8) is 0 Å². The van der Waals surface area contributed by atoms with Gasteiger partial charge >= 0.3 is 6.18 Å². The summed E-state index contributed by atoms with van der Waals surface area (Å²) in [5.74, 6) is -0.523. The molecule has 0 bridgehead atoms. The van der Waals surface area contributed by atoms with Crippen LogP contribution in [0.2, 0.25) is 5.02 Å². The smallest absolute Gasteiger partial charge is 0.369 e. The molecule has 1 amide bonds. The van der Waals surface area contributed by atoms with Crippen LogP contribution in [0.4, 0.5) is 13.2 Å². The summed E-state index contributed by atoms with van der Waals surface area (Å²) >= 11 is 5.96. The van der Waals surface area contributed by atoms with Crippen molar-refractivity contribution >= 4 is 17.5 Å². The molecule has 21 heavy (non-hydrogen) atoms. The summed E-state index contributed by atoms with van der Waals surface area (Å²) in [6.45, 7) is 0. The van der Waals surface area contributed by atoms with E-state index in [0.717, 1.165) is 12.1 Å². The highest BCUT2D eigenvalue weighted by atomic mass is 35.5. The molecule has 2 N–H and O–H groups in total. The minimum atomic E-state index is -4.45. The summed E-state index contributed by atoms with van der Waals surface area (Å²) < 4.78 is 37.9. The van der Waals surface area contributed by atoms with Gasteiger partial charge in [-0.25, -0.2) is 0 Å². The highest BCUT2D eigenvalue weighted by Crippen LogP contribution is 2.36. The van der Waals surface area contributed by atoms with E-state index in [1.807, 2.05) is 0 Å². The number of hydrogen-bond donors (Lipinski definition) is 1. The molecule has 0 unspecified atom stereocenters. The molecule has 110 valence electrons. The number of alkyl halides is 3. The van der Waals surface area contributed by atoms with Gasteiger partial charge in [0.2, 0.25) is 5.91 Å². The number of hydrogen-bond acceptors (Lipinski definition) is 1. The molecule has 0 aliphatic heterocycles. The number of nitrogens with two attached hydrogens (primary N) is 1. The lowest BCUT2D eigenvalue weighted by molar-refractivity contribution is -0.137. The predicted octanol–water partition coefficient (Wildman–Crippen LogP) is 4.05. The lowest BCUT2D eigenvalue weighted by Crippen LogP contribution is -2.14. The van der Waals surface area contributed by atoms with E-state index in [-0.39, 0.29) is 11.4 Å². The highest BCUT2D eigenvalue weighted by Gasteiger charge is 2.31. The number of carbonyl (C=O) groups excluding carboxylic acids is 1. The minimum absolute atomic E-state index is 0.00642. The van der Waals surface area contributed by atoms with Gasteiger partial charge in [0.05, 0.1) is 12.0 Å². The van der Waals surface area contributed by atoms with Gasteiger partial charge in [0.15, 0.2) is 0 Å². The van der Waals surface area contributed by atoms with Crippen molar-refractivity contribution < 1.29 is 18.0 Å². The third kappa shape index (κ3) is 3.55. The first-order valence-corrected chi connectivity index (χ1v) is 6.40. The molecule has 0 heterocycles. The Morgan fingerprint density at radius 1 is 1.10 bits per heavy atom. The average molecular weight is 314 g/mol. The van der Waals surface area contributed by atoms with Crippen LogP contribution in [0.5, 0.6) is 0 Å². The summed E-state index contributed by atoms with van der Waals surface area (Å²) in [6, 6.07) is 9.94. The molecule has 0 spiro atoms. The Hall–Kier alpha value is -2.01. The normalized spacial score (nSPS) is 11.4. The fourth-order valence-corrected chi connectivity index (χ4v) is 2.32. The summed E-state index contributed by atoms with van der Waals surface area (Å²) in [5.41, 5.74) is 6.00. The summed E-state index contributed by atoms with van der Waals surface area (Å²) in [5, 5.41) is -0.0262. The van der Waals surface area contributed by atoms with Crippen molar-refractivity contribution in [2.45, 2.75) is 12.6 Å². The fourth-order valence-electron chi connectivity index (χ4n) is 2.03. The lowest BCUT2D eigenvalue weighted by Gasteiger charge is -2.12. The Kier molecular flexibility index (Phi) is 4.23. The highest BCUT2D eigenvalue weighted by molar-refractivity contribution is 6.33. The molecule has 2 aromatic rings. The van der Waals surface area contributed by atoms with Crippen LogP contribution in [0.25, 0.3) is 11.1 Å². The van der Waals surface area contributed by atoms with E-state index in [4.69, 9.17) is 17.3 Å². The van der Waals surface area contributed by atoms with E-state index in [1.165, 1.54) is 6.07 Å². The van der Waals surface area contributed by atoms with Crippen molar-refractivity contribution in [1.82, 2.24) is 0 Å². The molecule has 0 fully saturated rings. The summed E-state index contributed by atoms with van der Waals surface area (Å²) in [4.78, 5) is 11.1. The van der Waals surface area contributed by atoms with Crippen molar-refractivity contribution in [2.24, 2.45) is 5.73 Å². The summed E-state index contributed by atoms with van der Waals surface area (Å²) in [7, 11) is 0. The molecule has 0 aliphatic rings. The van der Waals surface area contributed by atoms with Crippen LogP contribution < -0.4 is 5.73 Å². The fraction of sp³-hybridized carbons (Fsp3) is 0.133. The third-order valence-electron chi connectivity index (χ3n) is 2.97. The maximum Gasteiger partial charge on any atom is 0.416 e. The quantitative estimate of drug-likeness (QED) is 0.912. The van der Waals surface area contributed by atoms with E-state index < -0.39 is 17.6 Å². The molecule has 0 atom stereocenters. The second-order valence-electron chi connectivity index (χ2n) is 4.49. The molecule has 2 nitrogen and oxygen atoms in total. The number of primary amides is 1. The minimum Gasteiger partial charge on any atom is -0.369 e. The maximum atomic E-state index is 12.6. The van der Waals surface area contributed by atoms with Crippen molar-refractivity contribution in [2.75, 3.05) is 0 Å². The van der Waals surface area contributed by atoms with E-state index in [2.05, 4.69) is 0 Å². The van der Waals surface area contributed by atoms with Gasteiger partial charge in [-0.3, -0.25) is 4.79 Å². The number of benzene rings is 2. The molecular weight excluding hydrogens is 303 g/mol. The molecule has 6 heteroatoms. The number of halogens is 4. The van der Waals surface area contributed by atoms with Crippen molar-refractivity contribution in [3.05, 3.63) is 58.6 Å². The first-order valence-electron chi connectivity index (χ1n) is 6.02. The molecule has 0 aliphatic carbocycles. The Labute approximate surface area is 124 Å². The van der Waals surface area contributed by atoms with Gasteiger partial charge in [-0.2, -0.15) is 13.2 Å². The van der Waals surface area contributed by atoms with Crippen LogP contribution in [-0.2, 0) is 17.4 Å². The Balaban J connectivity index is 2.50. The lowest BCUT2D eigenvalue weighted by atomic mass is 9.96. The summed E-state index contributed by atoms with van der Waals surface area (Å²) in [6.07, 6.45) is -4.46. The Bertz CT molecular complexity index is 683. The molecule has 0 radical (unpaired) electrons. The van der Waals surface area contributed by atoms with Gasteiger partial charge in [0.1, 0.15) is 0 Å². The van der Waals surface area contributed by atoms with Crippen LogP contribution >= 0.6 is 11.6 Å². The first kappa shape index (κ1) is 15.4. The second kappa shape index (κ2) is 5.77. The van der Waals surface area contributed by atoms with Crippen LogP contribution in [0.1, 0.15) is 11.1 Å². The van der Waals surface area contributed by atoms with Crippen LogP contribution in [-0.4, -0.2) is 5.91 Å². The maximum absolute atomic E-state index is 12.6. The van der Waals surface area contributed by atoms with E-state index in [9.17, 15) is 18.0 Å². The van der Waals surface area contributed by atoms with Crippen molar-refractivity contribution in [3.8, 4) is 11.1 Å². The molecule has 0 saturated carbocycles. The average Bonchev–Trinajstić information content (AvgIpc) is 2.38. The van der Waals surface area contributed by atoms with Gasteiger partial charge in [0.25, 0.3) is 0 Å². The number of amides is 1. The van der Waals surface area contributed by atoms with Gasteiger partial charge in [-0.05, 0) is 23.3 Å². The van der Waals surface area contributed by atoms with E-state index >= 15 is 0 Å². The van der Waals surface area contributed by atoms with Crippen LogP contribution in [0, 0.1) is 0 Å². The monoisotopic (exact) mass is 313 g/mol. The topological polar surface area (TPSA) is 43.1 Å². The zero-order valence-electron chi connectivity index (χ0n) is 10.7. The largest absolute Gasteiger partial charge is 0.416 e. The van der Waals surface area contributed by atoms with E-state index in [0.29, 0.717) is 16.7 Å². The van der Waals surface area contributed by atoms with E-state index in [1.54, 1.807) is 24.3 Å². The molecular formula is C15H11ClF3NO. The Morgan fingerprint density at radius 3 is 2.33 bits per heavy atom. The van der Waals surface area contributed by atoms with Gasteiger partial charge in [-0.1, -0.05) is 41.9 Å². The molecule has 0 saturated heterocycles. The molecule has 2 rings (SSSR count). The van der Waals surface area contributed by atoms with Gasteiger partial charge in [0, 0.05) is 10.6 Å². The SMILES string of the molecule is NC(=O)Cc1ccccc1-c1ccc(C(F)(F)F)cc1Cl. The van der Waals surface area contributed by atoms with Gasteiger partial charge in [-0.15, -0.1) is 0 Å². The second-order valence-corrected chi connectivity index (χ2v) is 4.90. The predicted molar refractivity (Wildman–Crippen MR) is 74.8 cm³/mol. The zero-order valence-corrected chi connectivity index (χ0v) is 11.5. The first-order chi connectivity index (χ1) is 9.79. The van der Waals surface area contributed by atoms with Crippen LogP contribution in [0.15, 0.2) is 42.5 Å². The van der Waals surface area contributed by atoms with Crippen LogP contribution in [0.3, 0.4) is 0 Å². The third-order valence-corrected chi connectivity index (χ3v) is 3.28. The van der Waals surface area contributed by atoms with Gasteiger partial charge < -0.3 is 5.73 Å². The zero-order chi connectivity index (χ0) is 15.6. The van der Waals surface area contributed by atoms with Crippen molar-refractivity contribution in [1.29, 1.82) is 0 Å². The Morgan fingerprint density at radius 2 is 1.76 bits per heavy atom.